The van der Waals surface area contributed by atoms with Gasteiger partial charge in [-0.1, -0.05) is 6.07 Å². The highest BCUT2D eigenvalue weighted by Gasteiger charge is 2.25. The van der Waals surface area contributed by atoms with Crippen molar-refractivity contribution in [3.05, 3.63) is 64.1 Å². The lowest BCUT2D eigenvalue weighted by atomic mass is 10.2. The average Bonchev–Trinajstić information content (AvgIpc) is 3.20. The van der Waals surface area contributed by atoms with Gasteiger partial charge >= 0.3 is 0 Å². The Bertz CT molecular complexity index is 972. The summed E-state index contributed by atoms with van der Waals surface area (Å²) in [4.78, 5) is 22.6. The van der Waals surface area contributed by atoms with E-state index in [-0.39, 0.29) is 18.0 Å². The first-order chi connectivity index (χ1) is 12.6. The second-order valence-corrected chi connectivity index (χ2v) is 6.28. The van der Waals surface area contributed by atoms with Gasteiger partial charge in [-0.3, -0.25) is 20.0 Å². The number of nitro benzene ring substituents is 1. The van der Waals surface area contributed by atoms with E-state index in [1.807, 2.05) is 6.07 Å². The molecule has 0 radical (unpaired) electrons. The van der Waals surface area contributed by atoms with E-state index in [0.717, 1.165) is 18.5 Å². The molecule has 1 aliphatic carbocycles. The van der Waals surface area contributed by atoms with Gasteiger partial charge in [0.25, 0.3) is 5.69 Å². The van der Waals surface area contributed by atoms with Crippen LogP contribution in [0.25, 0.3) is 5.69 Å². The highest BCUT2D eigenvalue weighted by Crippen LogP contribution is 2.39. The van der Waals surface area contributed by atoms with Crippen LogP contribution in [0.2, 0.25) is 0 Å². The summed E-state index contributed by atoms with van der Waals surface area (Å²) in [6, 6.07) is 8.02. The van der Waals surface area contributed by atoms with E-state index in [9.17, 15) is 14.9 Å². The Kier molecular flexibility index (Phi) is 3.96. The van der Waals surface area contributed by atoms with Crippen molar-refractivity contribution in [1.29, 1.82) is 0 Å². The van der Waals surface area contributed by atoms with E-state index in [2.05, 4.69) is 20.6 Å². The van der Waals surface area contributed by atoms with Gasteiger partial charge in [0.05, 0.1) is 23.2 Å². The molecule has 1 amide bonds. The van der Waals surface area contributed by atoms with Crippen molar-refractivity contribution in [3.8, 4) is 5.69 Å². The summed E-state index contributed by atoms with van der Waals surface area (Å²) >= 11 is 0. The molecule has 4 rings (SSSR count). The summed E-state index contributed by atoms with van der Waals surface area (Å²) in [5, 5.41) is 24.8. The fraction of sp³-hybridized carbons (Fsp3) is 0.235. The number of amides is 1. The number of nitro groups is 1. The zero-order chi connectivity index (χ0) is 18.1. The number of nitrogens with zero attached hydrogens (tertiary/aromatic N) is 4. The van der Waals surface area contributed by atoms with Crippen LogP contribution >= 0.6 is 0 Å². The van der Waals surface area contributed by atoms with Crippen LogP contribution in [0.3, 0.4) is 0 Å². The third-order valence-electron chi connectivity index (χ3n) is 4.19. The fourth-order valence-electron chi connectivity index (χ4n) is 2.72. The molecule has 9 heteroatoms. The Hall–Kier alpha value is -3.49. The predicted molar refractivity (Wildman–Crippen MR) is 93.1 cm³/mol. The van der Waals surface area contributed by atoms with E-state index in [1.54, 1.807) is 24.5 Å². The van der Waals surface area contributed by atoms with Crippen molar-refractivity contribution < 1.29 is 9.72 Å². The minimum absolute atomic E-state index is 0.0118. The Morgan fingerprint density at radius 3 is 3.00 bits per heavy atom. The number of H-pyrrole nitrogens is 1. The van der Waals surface area contributed by atoms with Gasteiger partial charge in [-0.15, -0.1) is 0 Å². The molecule has 1 aliphatic rings. The van der Waals surface area contributed by atoms with Crippen LogP contribution in [0, 0.1) is 10.1 Å². The molecule has 2 heterocycles. The number of aromatic nitrogens is 4. The molecule has 0 unspecified atom stereocenters. The standard InChI is InChI=1S/C17H16N6O3/c24-17(19-16-8-15(20-21-16)12-4-5-12)6-11-9-18-22(10-11)13-2-1-3-14(7-13)23(25)26/h1-3,7-10,12H,4-6H2,(H2,19,20,21,24). The molecule has 132 valence electrons. The second kappa shape index (κ2) is 6.43. The third kappa shape index (κ3) is 3.46. The quantitative estimate of drug-likeness (QED) is 0.522. The van der Waals surface area contributed by atoms with Crippen LogP contribution in [0.1, 0.15) is 30.0 Å². The van der Waals surface area contributed by atoms with E-state index >= 15 is 0 Å². The van der Waals surface area contributed by atoms with Gasteiger partial charge in [-0.25, -0.2) is 4.68 Å². The van der Waals surface area contributed by atoms with Crippen molar-refractivity contribution in [2.75, 3.05) is 5.32 Å². The molecule has 3 aromatic rings. The van der Waals surface area contributed by atoms with Gasteiger partial charge in [-0.2, -0.15) is 10.2 Å². The number of hydrogen-bond acceptors (Lipinski definition) is 5. The molecular formula is C17H16N6O3. The van der Waals surface area contributed by atoms with E-state index < -0.39 is 4.92 Å². The maximum atomic E-state index is 12.2. The Morgan fingerprint density at radius 1 is 1.38 bits per heavy atom. The van der Waals surface area contributed by atoms with Gasteiger partial charge in [0.15, 0.2) is 5.82 Å². The first-order valence-electron chi connectivity index (χ1n) is 8.22. The number of carbonyl (C=O) groups excluding carboxylic acids is 1. The zero-order valence-electron chi connectivity index (χ0n) is 13.8. The van der Waals surface area contributed by atoms with Crippen LogP contribution in [-0.2, 0) is 11.2 Å². The molecule has 9 nitrogen and oxygen atoms in total. The Balaban J connectivity index is 1.41. The minimum Gasteiger partial charge on any atom is -0.309 e. The number of nitrogens with one attached hydrogen (secondary N) is 2. The van der Waals surface area contributed by atoms with Crippen LogP contribution in [0.15, 0.2) is 42.7 Å². The molecule has 1 fully saturated rings. The van der Waals surface area contributed by atoms with Gasteiger partial charge in [0.1, 0.15) is 0 Å². The number of benzene rings is 1. The molecule has 0 saturated heterocycles. The van der Waals surface area contributed by atoms with E-state index in [4.69, 9.17) is 0 Å². The van der Waals surface area contributed by atoms with Crippen molar-refractivity contribution in [1.82, 2.24) is 20.0 Å². The van der Waals surface area contributed by atoms with E-state index in [1.165, 1.54) is 16.8 Å². The second-order valence-electron chi connectivity index (χ2n) is 6.28. The van der Waals surface area contributed by atoms with Crippen molar-refractivity contribution in [2.24, 2.45) is 0 Å². The zero-order valence-corrected chi connectivity index (χ0v) is 13.8. The molecule has 1 saturated carbocycles. The highest BCUT2D eigenvalue weighted by molar-refractivity contribution is 5.91. The Labute approximate surface area is 148 Å². The smallest absolute Gasteiger partial charge is 0.271 e. The lowest BCUT2D eigenvalue weighted by molar-refractivity contribution is -0.384. The first-order valence-corrected chi connectivity index (χ1v) is 8.22. The summed E-state index contributed by atoms with van der Waals surface area (Å²) in [5.74, 6) is 0.863. The number of aromatic amines is 1. The number of carbonyl (C=O) groups is 1. The molecule has 0 atom stereocenters. The van der Waals surface area contributed by atoms with Crippen LogP contribution in [-0.4, -0.2) is 30.8 Å². The number of anilines is 1. The normalized spacial score (nSPS) is 13.5. The van der Waals surface area contributed by atoms with Gasteiger partial charge < -0.3 is 5.32 Å². The number of rotatable bonds is 6. The number of non-ortho nitro benzene ring substituents is 1. The fourth-order valence-corrected chi connectivity index (χ4v) is 2.72. The summed E-state index contributed by atoms with van der Waals surface area (Å²) in [7, 11) is 0. The predicted octanol–water partition coefficient (Wildman–Crippen LogP) is 2.56. The van der Waals surface area contributed by atoms with Crippen LogP contribution in [0.5, 0.6) is 0 Å². The lowest BCUT2D eigenvalue weighted by Gasteiger charge is -2.01. The average molecular weight is 352 g/mol. The first kappa shape index (κ1) is 16.0. The summed E-state index contributed by atoms with van der Waals surface area (Å²) in [6.07, 6.45) is 5.71. The molecule has 2 N–H and O–H groups in total. The van der Waals surface area contributed by atoms with Gasteiger partial charge in [-0.05, 0) is 24.5 Å². The van der Waals surface area contributed by atoms with Crippen LogP contribution < -0.4 is 5.32 Å². The Morgan fingerprint density at radius 2 is 2.23 bits per heavy atom. The molecule has 2 aromatic heterocycles. The minimum atomic E-state index is -0.457. The third-order valence-corrected chi connectivity index (χ3v) is 4.19. The lowest BCUT2D eigenvalue weighted by Crippen LogP contribution is -2.14. The molecule has 0 aliphatic heterocycles. The molecule has 26 heavy (non-hydrogen) atoms. The maximum absolute atomic E-state index is 12.2. The summed E-state index contributed by atoms with van der Waals surface area (Å²) in [6.45, 7) is 0. The topological polar surface area (TPSA) is 119 Å². The molecule has 1 aromatic carbocycles. The molecular weight excluding hydrogens is 336 g/mol. The maximum Gasteiger partial charge on any atom is 0.271 e. The van der Waals surface area contributed by atoms with Crippen molar-refractivity contribution in [2.45, 2.75) is 25.2 Å². The van der Waals surface area contributed by atoms with Crippen LogP contribution in [0.4, 0.5) is 11.5 Å². The van der Waals surface area contributed by atoms with E-state index in [0.29, 0.717) is 23.0 Å². The van der Waals surface area contributed by atoms with Gasteiger partial charge in [0, 0.05) is 36.0 Å². The van der Waals surface area contributed by atoms with Crippen molar-refractivity contribution >= 4 is 17.4 Å². The summed E-state index contributed by atoms with van der Waals surface area (Å²) in [5.41, 5.74) is 2.31. The largest absolute Gasteiger partial charge is 0.309 e. The SMILES string of the molecule is O=C(Cc1cnn(-c2cccc([N+](=O)[O-])c2)c1)Nc1cc(C2CC2)[nH]n1. The summed E-state index contributed by atoms with van der Waals surface area (Å²) < 4.78 is 1.51. The van der Waals surface area contributed by atoms with Gasteiger partial charge in [0.2, 0.25) is 5.91 Å². The molecule has 0 spiro atoms. The number of hydrogen-bond donors (Lipinski definition) is 2. The molecule has 0 bridgehead atoms. The highest BCUT2D eigenvalue weighted by atomic mass is 16.6. The van der Waals surface area contributed by atoms with Crippen molar-refractivity contribution in [3.63, 3.8) is 0 Å². The monoisotopic (exact) mass is 352 g/mol.